The van der Waals surface area contributed by atoms with Gasteiger partial charge in [0.25, 0.3) is 0 Å². The summed E-state index contributed by atoms with van der Waals surface area (Å²) in [5.74, 6) is 0. The molecular formula is C27H19NOS. The Morgan fingerprint density at radius 3 is 2.43 bits per heavy atom. The molecule has 3 heteroatoms. The Bertz CT molecular complexity index is 1550. The molecule has 0 fully saturated rings. The van der Waals surface area contributed by atoms with E-state index in [2.05, 4.69) is 74.5 Å². The maximum Gasteiger partial charge on any atom is 0.144 e. The number of nitrogens with zero attached hydrogens (tertiary/aromatic N) is 1. The van der Waals surface area contributed by atoms with E-state index in [0.29, 0.717) is 0 Å². The fourth-order valence-electron chi connectivity index (χ4n) is 4.37. The summed E-state index contributed by atoms with van der Waals surface area (Å²) in [6, 6.07) is 25.4. The molecule has 0 N–H and O–H groups in total. The van der Waals surface area contributed by atoms with Crippen molar-refractivity contribution in [3.8, 4) is 21.7 Å². The molecule has 0 saturated heterocycles. The molecule has 3 aromatic heterocycles. The van der Waals surface area contributed by atoms with Crippen LogP contribution in [-0.2, 0) is 0 Å². The van der Waals surface area contributed by atoms with E-state index in [1.807, 2.05) is 18.3 Å². The van der Waals surface area contributed by atoms with Gasteiger partial charge in [0, 0.05) is 27.4 Å². The number of rotatable bonds is 2. The Morgan fingerprint density at radius 2 is 1.57 bits per heavy atom. The van der Waals surface area contributed by atoms with Crippen LogP contribution >= 0.6 is 11.3 Å². The third kappa shape index (κ3) is 2.59. The molecule has 6 rings (SSSR count). The first-order valence-electron chi connectivity index (χ1n) is 10.1. The monoisotopic (exact) mass is 405 g/mol. The third-order valence-corrected chi connectivity index (χ3v) is 6.91. The molecule has 30 heavy (non-hydrogen) atoms. The molecule has 0 spiro atoms. The summed E-state index contributed by atoms with van der Waals surface area (Å²) in [6.07, 6.45) is 1.99. The number of furan rings is 1. The molecular weight excluding hydrogens is 386 g/mol. The van der Waals surface area contributed by atoms with Crippen LogP contribution in [0.4, 0.5) is 0 Å². The molecule has 3 aromatic carbocycles. The molecule has 0 radical (unpaired) electrons. The minimum absolute atomic E-state index is 0.899. The summed E-state index contributed by atoms with van der Waals surface area (Å²) < 4.78 is 7.42. The molecule has 6 aromatic rings. The third-order valence-electron chi connectivity index (χ3n) is 5.81. The average molecular weight is 406 g/mol. The van der Waals surface area contributed by atoms with Crippen LogP contribution < -0.4 is 0 Å². The van der Waals surface area contributed by atoms with Gasteiger partial charge in [0.2, 0.25) is 0 Å². The van der Waals surface area contributed by atoms with Crippen molar-refractivity contribution in [2.24, 2.45) is 0 Å². The van der Waals surface area contributed by atoms with Gasteiger partial charge in [-0.25, -0.2) is 0 Å². The van der Waals surface area contributed by atoms with E-state index in [1.54, 1.807) is 11.3 Å². The Labute approximate surface area is 178 Å². The quantitative estimate of drug-likeness (QED) is 0.290. The zero-order valence-corrected chi connectivity index (χ0v) is 17.6. The van der Waals surface area contributed by atoms with Crippen molar-refractivity contribution in [3.63, 3.8) is 0 Å². The van der Waals surface area contributed by atoms with Crippen LogP contribution in [-0.4, -0.2) is 4.98 Å². The predicted molar refractivity (Wildman–Crippen MR) is 127 cm³/mol. The summed E-state index contributed by atoms with van der Waals surface area (Å²) in [7, 11) is 0. The molecule has 0 bridgehead atoms. The lowest BCUT2D eigenvalue weighted by Gasteiger charge is -2.06. The molecule has 0 aliphatic rings. The van der Waals surface area contributed by atoms with Crippen LogP contribution in [0.2, 0.25) is 0 Å². The van der Waals surface area contributed by atoms with Crippen LogP contribution in [0.1, 0.15) is 11.1 Å². The van der Waals surface area contributed by atoms with Crippen LogP contribution in [0, 0.1) is 13.8 Å². The van der Waals surface area contributed by atoms with E-state index in [-0.39, 0.29) is 0 Å². The zero-order chi connectivity index (χ0) is 20.2. The summed E-state index contributed by atoms with van der Waals surface area (Å²) in [6.45, 7) is 4.36. The first-order chi connectivity index (χ1) is 14.7. The van der Waals surface area contributed by atoms with Crippen molar-refractivity contribution < 1.29 is 4.42 Å². The Morgan fingerprint density at radius 1 is 0.800 bits per heavy atom. The minimum atomic E-state index is 0.899. The molecule has 0 unspecified atom stereocenters. The predicted octanol–water partition coefficient (Wildman–Crippen LogP) is 8.15. The topological polar surface area (TPSA) is 26.0 Å². The maximum absolute atomic E-state index is 6.22. The summed E-state index contributed by atoms with van der Waals surface area (Å²) in [5, 5.41) is 3.49. The maximum atomic E-state index is 6.22. The Hall–Kier alpha value is -3.43. The lowest BCUT2D eigenvalue weighted by Crippen LogP contribution is -1.84. The number of pyridine rings is 1. The van der Waals surface area contributed by atoms with E-state index in [0.717, 1.165) is 33.2 Å². The number of benzene rings is 3. The van der Waals surface area contributed by atoms with E-state index in [9.17, 15) is 0 Å². The minimum Gasteiger partial charge on any atom is -0.455 e. The van der Waals surface area contributed by atoms with Crippen molar-refractivity contribution in [1.29, 1.82) is 0 Å². The van der Waals surface area contributed by atoms with Gasteiger partial charge in [0.15, 0.2) is 0 Å². The van der Waals surface area contributed by atoms with Gasteiger partial charge in [-0.1, -0.05) is 48.5 Å². The highest BCUT2D eigenvalue weighted by Crippen LogP contribution is 2.39. The molecule has 0 atom stereocenters. The van der Waals surface area contributed by atoms with Gasteiger partial charge < -0.3 is 4.42 Å². The summed E-state index contributed by atoms with van der Waals surface area (Å²) in [4.78, 5) is 6.09. The second-order valence-electron chi connectivity index (χ2n) is 7.77. The molecule has 0 aliphatic carbocycles. The number of fused-ring (bicyclic) bond motifs is 4. The number of hydrogen-bond donors (Lipinski definition) is 0. The average Bonchev–Trinajstić information content (AvgIpc) is 3.34. The van der Waals surface area contributed by atoms with Gasteiger partial charge in [-0.15, -0.1) is 11.3 Å². The first-order valence-corrected chi connectivity index (χ1v) is 10.9. The standard InChI is InChI=1S/C27H19NOS/c1-16-7-5-8-17(2)26(16)24-14-18-13-22(28-15-25(18)30-24)21-11-6-10-20-19-9-3-4-12-23(19)29-27(20)21/h3-15H,1-2H3. The normalized spacial score (nSPS) is 11.7. The SMILES string of the molecule is Cc1cccc(C)c1-c1cc2cc(-c3cccc4c3oc3ccccc34)ncc2s1. The van der Waals surface area contributed by atoms with Crippen molar-refractivity contribution in [2.45, 2.75) is 13.8 Å². The van der Waals surface area contributed by atoms with Crippen LogP contribution in [0.25, 0.3) is 53.7 Å². The fraction of sp³-hybridized carbons (Fsp3) is 0.0741. The second kappa shape index (κ2) is 6.54. The van der Waals surface area contributed by atoms with Crippen LogP contribution in [0.5, 0.6) is 0 Å². The number of thiophene rings is 1. The molecule has 0 aliphatic heterocycles. The Kier molecular flexibility index (Phi) is 3.80. The largest absolute Gasteiger partial charge is 0.455 e. The van der Waals surface area contributed by atoms with E-state index in [4.69, 9.17) is 9.40 Å². The van der Waals surface area contributed by atoms with Gasteiger partial charge >= 0.3 is 0 Å². The molecule has 0 saturated carbocycles. The highest BCUT2D eigenvalue weighted by atomic mass is 32.1. The van der Waals surface area contributed by atoms with Crippen LogP contribution in [0.15, 0.2) is 83.4 Å². The van der Waals surface area contributed by atoms with Gasteiger partial charge in [-0.05, 0) is 60.2 Å². The van der Waals surface area contributed by atoms with Crippen LogP contribution in [0.3, 0.4) is 0 Å². The molecule has 0 amide bonds. The van der Waals surface area contributed by atoms with E-state index < -0.39 is 0 Å². The van der Waals surface area contributed by atoms with Crippen molar-refractivity contribution in [1.82, 2.24) is 4.98 Å². The second-order valence-corrected chi connectivity index (χ2v) is 8.85. The number of para-hydroxylation sites is 2. The molecule has 144 valence electrons. The lowest BCUT2D eigenvalue weighted by molar-refractivity contribution is 0.670. The van der Waals surface area contributed by atoms with Crippen molar-refractivity contribution in [2.75, 3.05) is 0 Å². The Balaban J connectivity index is 1.54. The van der Waals surface area contributed by atoms with Crippen molar-refractivity contribution in [3.05, 3.63) is 90.1 Å². The van der Waals surface area contributed by atoms with Gasteiger partial charge in [0.1, 0.15) is 11.2 Å². The van der Waals surface area contributed by atoms with E-state index >= 15 is 0 Å². The highest BCUT2D eigenvalue weighted by molar-refractivity contribution is 7.22. The first kappa shape index (κ1) is 17.4. The van der Waals surface area contributed by atoms with Gasteiger partial charge in [-0.2, -0.15) is 0 Å². The number of aryl methyl sites for hydroxylation is 2. The smallest absolute Gasteiger partial charge is 0.144 e. The highest BCUT2D eigenvalue weighted by Gasteiger charge is 2.15. The molecule has 2 nitrogen and oxygen atoms in total. The number of hydrogen-bond acceptors (Lipinski definition) is 3. The van der Waals surface area contributed by atoms with Gasteiger partial charge in [0.05, 0.1) is 10.4 Å². The van der Waals surface area contributed by atoms with Gasteiger partial charge in [-0.3, -0.25) is 4.98 Å². The zero-order valence-electron chi connectivity index (χ0n) is 16.8. The van der Waals surface area contributed by atoms with Crippen molar-refractivity contribution >= 4 is 43.4 Å². The lowest BCUT2D eigenvalue weighted by atomic mass is 10.0. The summed E-state index contributed by atoms with van der Waals surface area (Å²) >= 11 is 1.80. The van der Waals surface area contributed by atoms with E-state index in [1.165, 1.54) is 31.7 Å². The molecule has 3 heterocycles. The summed E-state index contributed by atoms with van der Waals surface area (Å²) in [5.41, 5.74) is 7.73. The fourth-order valence-corrected chi connectivity index (χ4v) is 5.56. The number of aromatic nitrogens is 1.